The van der Waals surface area contributed by atoms with Crippen molar-refractivity contribution in [1.82, 2.24) is 0 Å². The number of Topliss-reactive ketones (excluding diaryl/α,β-unsaturated/α-hetero) is 1. The maximum atomic E-state index is 14.7. The van der Waals surface area contributed by atoms with Gasteiger partial charge >= 0.3 is 0 Å². The Hall–Kier alpha value is -3.97. The van der Waals surface area contributed by atoms with Gasteiger partial charge in [-0.05, 0) is 58.1 Å². The summed E-state index contributed by atoms with van der Waals surface area (Å²) in [6.07, 6.45) is 0. The Labute approximate surface area is 240 Å². The van der Waals surface area contributed by atoms with Crippen LogP contribution in [-0.2, 0) is 15.6 Å². The minimum Gasteiger partial charge on any atom is -0.289 e. The average Bonchev–Trinajstić information content (AvgIpc) is 3.21. The van der Waals surface area contributed by atoms with E-state index in [1.54, 1.807) is 0 Å². The van der Waals surface area contributed by atoms with Gasteiger partial charge in [-0.2, -0.15) is 0 Å². The van der Waals surface area contributed by atoms with E-state index in [2.05, 4.69) is 152 Å². The molecule has 40 heavy (non-hydrogen) atoms. The summed E-state index contributed by atoms with van der Waals surface area (Å²) in [5.74, 6) is 0.0816. The van der Waals surface area contributed by atoms with Gasteiger partial charge in [0.05, 0.1) is 0 Å². The van der Waals surface area contributed by atoms with Crippen LogP contribution in [0.2, 0.25) is 0 Å². The predicted octanol–water partition coefficient (Wildman–Crippen LogP) is 10.0. The summed E-state index contributed by atoms with van der Waals surface area (Å²) in [6, 6.07) is 34.3. The molecule has 202 valence electrons. The van der Waals surface area contributed by atoms with Crippen molar-refractivity contribution >= 4 is 28.1 Å². The van der Waals surface area contributed by atoms with Gasteiger partial charge in [-0.1, -0.05) is 150 Å². The molecule has 1 nitrogen and oxygen atoms in total. The number of aryl methyl sites for hydroxylation is 2. The molecule has 0 aliphatic heterocycles. The first-order chi connectivity index (χ1) is 18.8. The zero-order chi connectivity index (χ0) is 28.8. The highest BCUT2D eigenvalue weighted by atomic mass is 16.1. The molecule has 0 heterocycles. The number of hydrogen-bond donors (Lipinski definition) is 0. The van der Waals surface area contributed by atoms with Gasteiger partial charge in [-0.3, -0.25) is 4.79 Å². The second-order valence-electron chi connectivity index (χ2n) is 13.2. The molecule has 1 aliphatic carbocycles. The quantitative estimate of drug-likeness (QED) is 0.260. The Morgan fingerprint density at radius 3 is 0.900 bits per heavy atom. The Morgan fingerprint density at radius 2 is 0.625 bits per heavy atom. The van der Waals surface area contributed by atoms with Crippen LogP contribution in [-0.4, -0.2) is 5.78 Å². The van der Waals surface area contributed by atoms with Crippen molar-refractivity contribution in [1.29, 1.82) is 0 Å². The molecule has 0 unspecified atom stereocenters. The molecular formula is C39H40O. The minimum absolute atomic E-state index is 0.0393. The second kappa shape index (κ2) is 10.2. The summed E-state index contributed by atoms with van der Waals surface area (Å²) < 4.78 is 0. The third-order valence-corrected chi connectivity index (χ3v) is 7.96. The van der Waals surface area contributed by atoms with Gasteiger partial charge < -0.3 is 0 Å². The fourth-order valence-corrected chi connectivity index (χ4v) is 5.44. The van der Waals surface area contributed by atoms with Crippen molar-refractivity contribution in [2.45, 2.75) is 66.2 Å². The Morgan fingerprint density at radius 1 is 0.375 bits per heavy atom. The van der Waals surface area contributed by atoms with Gasteiger partial charge in [0.1, 0.15) is 0 Å². The SMILES string of the molecule is Cc1ccc(C2=C(c3ccc(C(C)(C)C)cc3)C(=O)C(c3ccc(C(C)(C)C)cc3)=C2c2ccc(C)cc2)cc1. The summed E-state index contributed by atoms with van der Waals surface area (Å²) in [5, 5.41) is 0. The average molecular weight is 525 g/mol. The lowest BCUT2D eigenvalue weighted by Crippen LogP contribution is -2.11. The molecule has 5 rings (SSSR count). The molecule has 1 heteroatoms. The molecule has 4 aromatic rings. The topological polar surface area (TPSA) is 17.1 Å². The molecular weight excluding hydrogens is 484 g/mol. The Bertz CT molecular complexity index is 1480. The second-order valence-corrected chi connectivity index (χ2v) is 13.2. The van der Waals surface area contributed by atoms with Crippen LogP contribution in [0.15, 0.2) is 97.1 Å². The van der Waals surface area contributed by atoms with E-state index in [0.29, 0.717) is 0 Å². The van der Waals surface area contributed by atoms with Crippen molar-refractivity contribution in [2.24, 2.45) is 0 Å². The Kier molecular flexibility index (Phi) is 7.04. The van der Waals surface area contributed by atoms with E-state index in [1.807, 2.05) is 0 Å². The fourth-order valence-electron chi connectivity index (χ4n) is 5.44. The molecule has 0 saturated heterocycles. The maximum Gasteiger partial charge on any atom is 0.195 e. The van der Waals surface area contributed by atoms with Gasteiger partial charge in [0.25, 0.3) is 0 Å². The van der Waals surface area contributed by atoms with Gasteiger partial charge in [0.15, 0.2) is 5.78 Å². The lowest BCUT2D eigenvalue weighted by molar-refractivity contribution is -0.108. The normalized spacial score (nSPS) is 14.3. The van der Waals surface area contributed by atoms with Crippen molar-refractivity contribution in [3.63, 3.8) is 0 Å². The number of ketones is 1. The summed E-state index contributed by atoms with van der Waals surface area (Å²) in [5.41, 5.74) is 12.6. The van der Waals surface area contributed by atoms with Crippen molar-refractivity contribution in [2.75, 3.05) is 0 Å². The smallest absolute Gasteiger partial charge is 0.195 e. The summed E-state index contributed by atoms with van der Waals surface area (Å²) in [4.78, 5) is 14.7. The first-order valence-corrected chi connectivity index (χ1v) is 14.2. The van der Waals surface area contributed by atoms with Crippen molar-refractivity contribution in [3.8, 4) is 0 Å². The van der Waals surface area contributed by atoms with Crippen LogP contribution in [0.5, 0.6) is 0 Å². The lowest BCUT2D eigenvalue weighted by atomic mass is 9.85. The number of benzene rings is 4. The molecule has 0 N–H and O–H groups in total. The van der Waals surface area contributed by atoms with Crippen LogP contribution in [0.1, 0.15) is 86.1 Å². The van der Waals surface area contributed by atoms with E-state index in [4.69, 9.17) is 0 Å². The van der Waals surface area contributed by atoms with Gasteiger partial charge in [0, 0.05) is 22.3 Å². The highest BCUT2D eigenvalue weighted by Gasteiger charge is 2.35. The summed E-state index contributed by atoms with van der Waals surface area (Å²) in [6.45, 7) is 17.5. The van der Waals surface area contributed by atoms with E-state index in [9.17, 15) is 4.79 Å². The van der Waals surface area contributed by atoms with Crippen molar-refractivity contribution < 1.29 is 4.79 Å². The lowest BCUT2D eigenvalue weighted by Gasteiger charge is -2.19. The zero-order valence-electron chi connectivity index (χ0n) is 25.1. The molecule has 0 radical (unpaired) electrons. The molecule has 0 spiro atoms. The van der Waals surface area contributed by atoms with Gasteiger partial charge in [0.2, 0.25) is 0 Å². The van der Waals surface area contributed by atoms with Crippen LogP contribution >= 0.6 is 0 Å². The molecule has 0 amide bonds. The largest absolute Gasteiger partial charge is 0.289 e. The molecule has 0 bridgehead atoms. The highest BCUT2D eigenvalue weighted by Crippen LogP contribution is 2.50. The number of carbonyl (C=O) groups is 1. The predicted molar refractivity (Wildman–Crippen MR) is 171 cm³/mol. The van der Waals surface area contributed by atoms with E-state index in [-0.39, 0.29) is 16.6 Å². The first-order valence-electron chi connectivity index (χ1n) is 14.2. The fraction of sp³-hybridized carbons (Fsp3) is 0.256. The molecule has 0 atom stereocenters. The van der Waals surface area contributed by atoms with E-state index >= 15 is 0 Å². The molecule has 0 fully saturated rings. The zero-order valence-corrected chi connectivity index (χ0v) is 25.1. The monoisotopic (exact) mass is 524 g/mol. The standard InChI is InChI=1S/C39H40O/c1-25-9-13-27(14-10-25)33-34(28-15-11-26(2)12-16-28)36(30-19-23-32(24-20-30)39(6,7)8)37(40)35(33)29-17-21-31(22-18-29)38(3,4)5/h9-24H,1-8H3. The third-order valence-electron chi connectivity index (χ3n) is 7.96. The van der Waals surface area contributed by atoms with Crippen LogP contribution in [0.3, 0.4) is 0 Å². The number of rotatable bonds is 4. The number of hydrogen-bond acceptors (Lipinski definition) is 1. The summed E-state index contributed by atoms with van der Waals surface area (Å²) >= 11 is 0. The molecule has 1 aliphatic rings. The van der Waals surface area contributed by atoms with Crippen molar-refractivity contribution in [3.05, 3.63) is 142 Å². The van der Waals surface area contributed by atoms with Crippen LogP contribution in [0.25, 0.3) is 22.3 Å². The van der Waals surface area contributed by atoms with E-state index in [0.717, 1.165) is 44.5 Å². The number of carbonyl (C=O) groups excluding carboxylic acids is 1. The molecule has 0 saturated carbocycles. The van der Waals surface area contributed by atoms with Gasteiger partial charge in [-0.15, -0.1) is 0 Å². The molecule has 0 aromatic heterocycles. The Balaban J connectivity index is 1.80. The summed E-state index contributed by atoms with van der Waals surface area (Å²) in [7, 11) is 0. The number of allylic oxidation sites excluding steroid dienone is 4. The van der Waals surface area contributed by atoms with Crippen LogP contribution < -0.4 is 0 Å². The van der Waals surface area contributed by atoms with Crippen LogP contribution in [0.4, 0.5) is 0 Å². The van der Waals surface area contributed by atoms with E-state index < -0.39 is 0 Å². The van der Waals surface area contributed by atoms with E-state index in [1.165, 1.54) is 22.3 Å². The highest BCUT2D eigenvalue weighted by molar-refractivity contribution is 6.59. The maximum absolute atomic E-state index is 14.7. The third kappa shape index (κ3) is 5.26. The van der Waals surface area contributed by atoms with Gasteiger partial charge in [-0.25, -0.2) is 0 Å². The van der Waals surface area contributed by atoms with Crippen LogP contribution in [0, 0.1) is 13.8 Å². The minimum atomic E-state index is 0.0393. The molecule has 4 aromatic carbocycles. The first kappa shape index (κ1) is 27.6.